The van der Waals surface area contributed by atoms with E-state index in [1.54, 1.807) is 25.9 Å². The van der Waals surface area contributed by atoms with Crippen LogP contribution >= 0.6 is 0 Å². The van der Waals surface area contributed by atoms with Gasteiger partial charge in [0.25, 0.3) is 0 Å². The van der Waals surface area contributed by atoms with E-state index in [0.717, 1.165) is 0 Å². The molecule has 0 heterocycles. The van der Waals surface area contributed by atoms with Crippen molar-refractivity contribution in [1.29, 1.82) is 5.26 Å². The fourth-order valence-electron chi connectivity index (χ4n) is 0.579. The van der Waals surface area contributed by atoms with E-state index in [9.17, 15) is 0 Å². The van der Waals surface area contributed by atoms with Crippen LogP contribution in [0.2, 0.25) is 0 Å². The molecule has 0 aliphatic carbocycles. The molecule has 0 aliphatic rings. The fraction of sp³-hybridized carbons (Fsp3) is 0.429. The number of nitriles is 1. The lowest BCUT2D eigenvalue weighted by Crippen LogP contribution is -2.10. The molecular weight excluding hydrogens is 126 g/mol. The van der Waals surface area contributed by atoms with E-state index in [4.69, 9.17) is 5.26 Å². The molecule has 0 unspecified atom stereocenters. The first kappa shape index (κ1) is 8.70. The predicted octanol–water partition coefficient (Wildman–Crippen LogP) is 1.00. The third-order valence-electron chi connectivity index (χ3n) is 1.13. The monoisotopic (exact) mass is 137 g/mol. The van der Waals surface area contributed by atoms with Crippen LogP contribution in [0, 0.1) is 11.3 Å². The summed E-state index contributed by atoms with van der Waals surface area (Å²) >= 11 is 0. The molecule has 3 heteroatoms. The molecular formula is C7H11N3. The quantitative estimate of drug-likeness (QED) is 0.421. The molecule has 0 saturated heterocycles. The maximum Gasteiger partial charge on any atom is 0.137 e. The van der Waals surface area contributed by atoms with Crippen LogP contribution in [-0.4, -0.2) is 25.7 Å². The van der Waals surface area contributed by atoms with Crippen LogP contribution in [0.15, 0.2) is 16.4 Å². The first-order valence-corrected chi connectivity index (χ1v) is 2.88. The van der Waals surface area contributed by atoms with Gasteiger partial charge in [0.2, 0.25) is 0 Å². The molecule has 0 saturated carbocycles. The predicted molar refractivity (Wildman–Crippen MR) is 41.5 cm³/mol. The highest BCUT2D eigenvalue weighted by molar-refractivity contribution is 5.33. The average Bonchev–Trinajstić information content (AvgIpc) is 1.88. The standard InChI is InChI=1S/C7H11N3/c1-6(9-2)7(5-8)10(3)4/h2H2,1,3-4H3/b7-6-. The van der Waals surface area contributed by atoms with E-state index in [1.165, 1.54) is 0 Å². The van der Waals surface area contributed by atoms with Crippen molar-refractivity contribution in [3.8, 4) is 6.07 Å². The van der Waals surface area contributed by atoms with Gasteiger partial charge in [-0.2, -0.15) is 5.26 Å². The molecule has 0 radical (unpaired) electrons. The average molecular weight is 137 g/mol. The molecule has 0 rings (SSSR count). The zero-order chi connectivity index (χ0) is 8.15. The minimum atomic E-state index is 0.551. The SMILES string of the molecule is C=N/C(C)=C(/C#N)N(C)C. The summed E-state index contributed by atoms with van der Waals surface area (Å²) in [6, 6.07) is 2.02. The lowest BCUT2D eigenvalue weighted by Gasteiger charge is -2.10. The van der Waals surface area contributed by atoms with Crippen molar-refractivity contribution < 1.29 is 0 Å². The van der Waals surface area contributed by atoms with Gasteiger partial charge in [0.1, 0.15) is 11.8 Å². The zero-order valence-corrected chi connectivity index (χ0v) is 6.55. The number of allylic oxidation sites excluding steroid dienone is 2. The number of nitrogens with zero attached hydrogens (tertiary/aromatic N) is 3. The van der Waals surface area contributed by atoms with Crippen molar-refractivity contribution in [2.24, 2.45) is 4.99 Å². The molecule has 0 N–H and O–H groups in total. The summed E-state index contributed by atoms with van der Waals surface area (Å²) in [4.78, 5) is 5.36. The van der Waals surface area contributed by atoms with Crippen molar-refractivity contribution >= 4 is 6.72 Å². The van der Waals surface area contributed by atoms with E-state index in [0.29, 0.717) is 11.4 Å². The minimum Gasteiger partial charge on any atom is -0.368 e. The highest BCUT2D eigenvalue weighted by Gasteiger charge is 2.00. The maximum atomic E-state index is 8.56. The summed E-state index contributed by atoms with van der Waals surface area (Å²) in [7, 11) is 3.60. The van der Waals surface area contributed by atoms with Crippen LogP contribution in [0.4, 0.5) is 0 Å². The minimum absolute atomic E-state index is 0.551. The number of hydrogen-bond donors (Lipinski definition) is 0. The Morgan fingerprint density at radius 2 is 2.10 bits per heavy atom. The molecule has 0 aromatic rings. The Hall–Kier alpha value is -1.30. The topological polar surface area (TPSA) is 39.4 Å². The molecule has 0 bridgehead atoms. The highest BCUT2D eigenvalue weighted by Crippen LogP contribution is 2.04. The van der Waals surface area contributed by atoms with Gasteiger partial charge in [-0.1, -0.05) is 0 Å². The van der Waals surface area contributed by atoms with Gasteiger partial charge >= 0.3 is 0 Å². The van der Waals surface area contributed by atoms with Gasteiger partial charge in [0.05, 0.1) is 5.70 Å². The van der Waals surface area contributed by atoms with Crippen LogP contribution < -0.4 is 0 Å². The summed E-state index contributed by atoms with van der Waals surface area (Å²) < 4.78 is 0. The largest absolute Gasteiger partial charge is 0.368 e. The summed E-state index contributed by atoms with van der Waals surface area (Å²) in [6.07, 6.45) is 0. The summed E-state index contributed by atoms with van der Waals surface area (Å²) in [5.74, 6) is 0. The molecule has 0 aliphatic heterocycles. The molecule has 3 nitrogen and oxygen atoms in total. The highest BCUT2D eigenvalue weighted by atomic mass is 15.1. The van der Waals surface area contributed by atoms with Gasteiger partial charge in [-0.25, -0.2) is 0 Å². The maximum absolute atomic E-state index is 8.56. The molecule has 0 fully saturated rings. The van der Waals surface area contributed by atoms with Gasteiger partial charge < -0.3 is 4.90 Å². The second kappa shape index (κ2) is 3.67. The van der Waals surface area contributed by atoms with Crippen LogP contribution in [-0.2, 0) is 0 Å². The van der Waals surface area contributed by atoms with Gasteiger partial charge in [0.15, 0.2) is 0 Å². The Morgan fingerprint density at radius 3 is 2.20 bits per heavy atom. The first-order chi connectivity index (χ1) is 4.63. The molecule has 0 atom stereocenters. The van der Waals surface area contributed by atoms with Crippen molar-refractivity contribution in [3.63, 3.8) is 0 Å². The lowest BCUT2D eigenvalue weighted by molar-refractivity contribution is 0.526. The Balaban J connectivity index is 4.67. The Morgan fingerprint density at radius 1 is 1.60 bits per heavy atom. The van der Waals surface area contributed by atoms with E-state index in [2.05, 4.69) is 11.7 Å². The summed E-state index contributed by atoms with van der Waals surface area (Å²) in [5, 5.41) is 8.56. The zero-order valence-electron chi connectivity index (χ0n) is 6.55. The van der Waals surface area contributed by atoms with E-state index in [-0.39, 0.29) is 0 Å². The molecule has 10 heavy (non-hydrogen) atoms. The van der Waals surface area contributed by atoms with Crippen LogP contribution in [0.25, 0.3) is 0 Å². The smallest absolute Gasteiger partial charge is 0.137 e. The molecule has 0 amide bonds. The number of hydrogen-bond acceptors (Lipinski definition) is 3. The lowest BCUT2D eigenvalue weighted by atomic mass is 10.3. The molecule has 0 spiro atoms. The van der Waals surface area contributed by atoms with Gasteiger partial charge in [-0.15, -0.1) is 0 Å². The third kappa shape index (κ3) is 1.90. The Kier molecular flexibility index (Phi) is 3.20. The number of rotatable bonds is 2. The summed E-state index contributed by atoms with van der Waals surface area (Å²) in [6.45, 7) is 5.08. The van der Waals surface area contributed by atoms with E-state index in [1.807, 2.05) is 6.07 Å². The second-order valence-electron chi connectivity index (χ2n) is 2.10. The van der Waals surface area contributed by atoms with Crippen molar-refractivity contribution in [1.82, 2.24) is 4.90 Å². The summed E-state index contributed by atoms with van der Waals surface area (Å²) in [5.41, 5.74) is 1.21. The second-order valence-corrected chi connectivity index (χ2v) is 2.10. The van der Waals surface area contributed by atoms with Crippen LogP contribution in [0.5, 0.6) is 0 Å². The normalized spacial score (nSPS) is 11.4. The van der Waals surface area contributed by atoms with Gasteiger partial charge in [-0.05, 0) is 13.6 Å². The fourth-order valence-corrected chi connectivity index (χ4v) is 0.579. The van der Waals surface area contributed by atoms with Crippen LogP contribution in [0.3, 0.4) is 0 Å². The third-order valence-corrected chi connectivity index (χ3v) is 1.13. The van der Waals surface area contributed by atoms with Crippen LogP contribution in [0.1, 0.15) is 6.92 Å². The van der Waals surface area contributed by atoms with Crippen molar-refractivity contribution in [2.45, 2.75) is 6.92 Å². The van der Waals surface area contributed by atoms with Gasteiger partial charge in [-0.3, -0.25) is 4.99 Å². The Bertz CT molecular complexity index is 195. The Labute approximate surface area is 61.3 Å². The number of aliphatic imine (C=N–C) groups is 1. The molecule has 54 valence electrons. The van der Waals surface area contributed by atoms with Crippen molar-refractivity contribution in [3.05, 3.63) is 11.4 Å². The van der Waals surface area contributed by atoms with E-state index < -0.39 is 0 Å². The van der Waals surface area contributed by atoms with Gasteiger partial charge in [0, 0.05) is 14.1 Å². The van der Waals surface area contributed by atoms with Crippen molar-refractivity contribution in [2.75, 3.05) is 14.1 Å². The van der Waals surface area contributed by atoms with E-state index >= 15 is 0 Å². The first-order valence-electron chi connectivity index (χ1n) is 2.88. The molecule has 0 aromatic carbocycles. The molecule has 0 aromatic heterocycles.